The van der Waals surface area contributed by atoms with Gasteiger partial charge in [0.1, 0.15) is 6.54 Å². The summed E-state index contributed by atoms with van der Waals surface area (Å²) in [5.74, 6) is 0.894. The second-order valence-electron chi connectivity index (χ2n) is 5.54. The molecule has 0 radical (unpaired) electrons. The summed E-state index contributed by atoms with van der Waals surface area (Å²) >= 11 is 3.33. The highest BCUT2D eigenvalue weighted by Crippen LogP contribution is 2.16. The molecule has 0 saturated heterocycles. The van der Waals surface area contributed by atoms with Gasteiger partial charge in [-0.1, -0.05) is 13.0 Å². The van der Waals surface area contributed by atoms with Gasteiger partial charge in [0.05, 0.1) is 11.6 Å². The van der Waals surface area contributed by atoms with Crippen molar-refractivity contribution in [2.75, 3.05) is 27.2 Å². The lowest BCUT2D eigenvalue weighted by molar-refractivity contribution is -0.127. The fraction of sp³-hybridized carbons (Fsp3) is 0.438. The SMILES string of the molecule is CC(CNC(=NCC(=O)N(C)C)NCc1cccs1)c1nccs1. The second kappa shape index (κ2) is 9.39. The number of carbonyl (C=O) groups is 1. The number of hydrogen-bond donors (Lipinski definition) is 2. The monoisotopic (exact) mass is 365 g/mol. The first-order valence-corrected chi connectivity index (χ1v) is 9.46. The molecule has 6 nitrogen and oxygen atoms in total. The summed E-state index contributed by atoms with van der Waals surface area (Å²) < 4.78 is 0. The van der Waals surface area contributed by atoms with E-state index in [1.54, 1.807) is 41.7 Å². The van der Waals surface area contributed by atoms with Crippen molar-refractivity contribution < 1.29 is 4.79 Å². The lowest BCUT2D eigenvalue weighted by Crippen LogP contribution is -2.39. The van der Waals surface area contributed by atoms with Crippen molar-refractivity contribution in [3.05, 3.63) is 39.0 Å². The van der Waals surface area contributed by atoms with Crippen LogP contribution in [-0.4, -0.2) is 48.9 Å². The van der Waals surface area contributed by atoms with Gasteiger partial charge in [-0.3, -0.25) is 4.79 Å². The lowest BCUT2D eigenvalue weighted by atomic mass is 10.2. The third kappa shape index (κ3) is 5.93. The fourth-order valence-electron chi connectivity index (χ4n) is 1.86. The van der Waals surface area contributed by atoms with Crippen molar-refractivity contribution in [1.29, 1.82) is 0 Å². The molecule has 0 aromatic carbocycles. The maximum atomic E-state index is 11.8. The third-order valence-corrected chi connectivity index (χ3v) is 5.21. The molecule has 0 spiro atoms. The molecule has 1 amide bonds. The Kier molecular flexibility index (Phi) is 7.20. The number of carbonyl (C=O) groups excluding carboxylic acids is 1. The molecule has 2 heterocycles. The molecule has 1 atom stereocenters. The second-order valence-corrected chi connectivity index (χ2v) is 7.50. The molecule has 0 aliphatic carbocycles. The lowest BCUT2D eigenvalue weighted by Gasteiger charge is -2.15. The minimum Gasteiger partial charge on any atom is -0.356 e. The van der Waals surface area contributed by atoms with Gasteiger partial charge in [0.2, 0.25) is 5.91 Å². The van der Waals surface area contributed by atoms with Gasteiger partial charge in [0.25, 0.3) is 0 Å². The van der Waals surface area contributed by atoms with Crippen LogP contribution in [0.15, 0.2) is 34.1 Å². The smallest absolute Gasteiger partial charge is 0.243 e. The minimum absolute atomic E-state index is 0.0276. The molecule has 24 heavy (non-hydrogen) atoms. The number of aliphatic imine (C=N–C) groups is 1. The zero-order chi connectivity index (χ0) is 17.4. The van der Waals surface area contributed by atoms with Crippen molar-refractivity contribution in [3.63, 3.8) is 0 Å². The number of nitrogens with one attached hydrogen (secondary N) is 2. The Morgan fingerprint density at radius 2 is 2.17 bits per heavy atom. The summed E-state index contributed by atoms with van der Waals surface area (Å²) in [5, 5.41) is 11.7. The first kappa shape index (κ1) is 18.4. The number of likely N-dealkylation sites (N-methyl/N-ethyl adjacent to an activating group) is 1. The molecule has 130 valence electrons. The Balaban J connectivity index is 1.93. The quantitative estimate of drug-likeness (QED) is 0.583. The highest BCUT2D eigenvalue weighted by Gasteiger charge is 2.10. The highest BCUT2D eigenvalue weighted by atomic mass is 32.1. The predicted molar refractivity (Wildman–Crippen MR) is 101 cm³/mol. The van der Waals surface area contributed by atoms with Gasteiger partial charge >= 0.3 is 0 Å². The van der Waals surface area contributed by atoms with Crippen LogP contribution in [0.3, 0.4) is 0 Å². The number of thiophene rings is 1. The van der Waals surface area contributed by atoms with Crippen molar-refractivity contribution in [1.82, 2.24) is 20.5 Å². The van der Waals surface area contributed by atoms with E-state index in [0.29, 0.717) is 19.0 Å². The van der Waals surface area contributed by atoms with Crippen molar-refractivity contribution in [2.45, 2.75) is 19.4 Å². The molecule has 2 rings (SSSR count). The van der Waals surface area contributed by atoms with Crippen molar-refractivity contribution >= 4 is 34.5 Å². The summed E-state index contributed by atoms with van der Waals surface area (Å²) in [6.45, 7) is 3.64. The summed E-state index contributed by atoms with van der Waals surface area (Å²) in [5.41, 5.74) is 0. The van der Waals surface area contributed by atoms with E-state index < -0.39 is 0 Å². The standard InChI is InChI=1S/C16H23N5OS2/c1-12(15-17-6-8-24-15)9-18-16(20-11-14(22)21(2)3)19-10-13-5-4-7-23-13/h4-8,12H,9-11H2,1-3H3,(H2,18,19,20). The fourth-order valence-corrected chi connectivity index (χ4v) is 3.20. The summed E-state index contributed by atoms with van der Waals surface area (Å²) in [6.07, 6.45) is 1.82. The van der Waals surface area contributed by atoms with Gasteiger partial charge in [-0.15, -0.1) is 22.7 Å². The van der Waals surface area contributed by atoms with E-state index >= 15 is 0 Å². The predicted octanol–water partition coefficient (Wildman–Crippen LogP) is 2.13. The van der Waals surface area contributed by atoms with Gasteiger partial charge in [0.15, 0.2) is 5.96 Å². The molecule has 2 N–H and O–H groups in total. The normalized spacial score (nSPS) is 12.7. The topological polar surface area (TPSA) is 69.6 Å². The summed E-state index contributed by atoms with van der Waals surface area (Å²) in [4.78, 5) is 23.2. The molecule has 1 unspecified atom stereocenters. The van der Waals surface area contributed by atoms with Gasteiger partial charge in [-0.2, -0.15) is 0 Å². The van der Waals surface area contributed by atoms with Crippen LogP contribution in [0, 0.1) is 0 Å². The molecule has 0 fully saturated rings. The van der Waals surface area contributed by atoms with Crippen LogP contribution in [0.1, 0.15) is 22.7 Å². The third-order valence-electron chi connectivity index (χ3n) is 3.33. The van der Waals surface area contributed by atoms with Crippen molar-refractivity contribution in [2.24, 2.45) is 4.99 Å². The van der Waals surface area contributed by atoms with Crippen LogP contribution >= 0.6 is 22.7 Å². The summed E-state index contributed by atoms with van der Waals surface area (Å²) in [7, 11) is 3.46. The van der Waals surface area contributed by atoms with E-state index in [0.717, 1.165) is 5.01 Å². The Morgan fingerprint density at radius 1 is 1.33 bits per heavy atom. The molecule has 2 aromatic rings. The Hall–Kier alpha value is -1.93. The van der Waals surface area contributed by atoms with Crippen molar-refractivity contribution in [3.8, 4) is 0 Å². The molecule has 0 saturated carbocycles. The van der Waals surface area contributed by atoms with E-state index in [-0.39, 0.29) is 18.4 Å². The van der Waals surface area contributed by atoms with E-state index in [4.69, 9.17) is 0 Å². The van der Waals surface area contributed by atoms with Crippen LogP contribution in [0.25, 0.3) is 0 Å². The van der Waals surface area contributed by atoms with Gasteiger partial charge in [-0.05, 0) is 11.4 Å². The van der Waals surface area contributed by atoms with Crippen LogP contribution in [0.4, 0.5) is 0 Å². The van der Waals surface area contributed by atoms with Crippen LogP contribution in [-0.2, 0) is 11.3 Å². The zero-order valence-corrected chi connectivity index (χ0v) is 15.8. The average Bonchev–Trinajstić information content (AvgIpc) is 3.26. The Labute approximate surface area is 150 Å². The molecule has 8 heteroatoms. The maximum absolute atomic E-state index is 11.8. The Bertz CT molecular complexity index is 637. The highest BCUT2D eigenvalue weighted by molar-refractivity contribution is 7.10. The first-order chi connectivity index (χ1) is 11.6. The van der Waals surface area contributed by atoms with Crippen LogP contribution < -0.4 is 10.6 Å². The van der Waals surface area contributed by atoms with E-state index in [1.807, 2.05) is 23.0 Å². The molecular weight excluding hydrogens is 342 g/mol. The van der Waals surface area contributed by atoms with Crippen LogP contribution in [0.2, 0.25) is 0 Å². The van der Waals surface area contributed by atoms with Gasteiger partial charge in [-0.25, -0.2) is 9.98 Å². The summed E-state index contributed by atoms with van der Waals surface area (Å²) in [6, 6.07) is 4.09. The number of thiazole rings is 1. The molecule has 0 aliphatic rings. The Morgan fingerprint density at radius 3 is 2.79 bits per heavy atom. The molecule has 0 aliphatic heterocycles. The van der Waals surface area contributed by atoms with Gasteiger partial charge < -0.3 is 15.5 Å². The van der Waals surface area contributed by atoms with E-state index in [2.05, 4.69) is 33.6 Å². The average molecular weight is 366 g/mol. The number of hydrogen-bond acceptors (Lipinski definition) is 5. The minimum atomic E-state index is -0.0276. The maximum Gasteiger partial charge on any atom is 0.243 e. The first-order valence-electron chi connectivity index (χ1n) is 7.70. The largest absolute Gasteiger partial charge is 0.356 e. The number of nitrogens with zero attached hydrogens (tertiary/aromatic N) is 3. The molecule has 0 bridgehead atoms. The van der Waals surface area contributed by atoms with Crippen LogP contribution in [0.5, 0.6) is 0 Å². The molecular formula is C16H23N5OS2. The number of amides is 1. The van der Waals surface area contributed by atoms with E-state index in [9.17, 15) is 4.79 Å². The number of rotatable bonds is 7. The molecule has 2 aromatic heterocycles. The van der Waals surface area contributed by atoms with E-state index in [1.165, 1.54) is 4.88 Å². The number of guanidine groups is 1. The zero-order valence-electron chi connectivity index (χ0n) is 14.2. The number of aromatic nitrogens is 1. The van der Waals surface area contributed by atoms with Gasteiger partial charge in [0, 0.05) is 43.0 Å².